The minimum atomic E-state index is -0.0625. The van der Waals surface area contributed by atoms with Crippen molar-refractivity contribution in [3.8, 4) is 22.5 Å². The van der Waals surface area contributed by atoms with Crippen LogP contribution in [0, 0.1) is 6.92 Å². The summed E-state index contributed by atoms with van der Waals surface area (Å²) < 4.78 is 0. The minimum Gasteiger partial charge on any atom is -0.354 e. The number of hydrogen-bond acceptors (Lipinski definition) is 8. The fraction of sp³-hybridized carbons (Fsp3) is 0.179. The van der Waals surface area contributed by atoms with E-state index >= 15 is 0 Å². The number of nitrogens with one attached hydrogen (secondary N) is 1. The van der Waals surface area contributed by atoms with E-state index < -0.39 is 0 Å². The van der Waals surface area contributed by atoms with E-state index in [-0.39, 0.29) is 29.9 Å². The van der Waals surface area contributed by atoms with Gasteiger partial charge in [-0.1, -0.05) is 0 Å². The topological polar surface area (TPSA) is 158 Å². The first kappa shape index (κ1) is 30.4. The third kappa shape index (κ3) is 9.50. The van der Waals surface area contributed by atoms with Gasteiger partial charge in [-0.15, -0.1) is 0 Å². The van der Waals surface area contributed by atoms with Crippen molar-refractivity contribution in [1.29, 1.82) is 0 Å². The molecule has 0 saturated carbocycles. The summed E-state index contributed by atoms with van der Waals surface area (Å²) in [6, 6.07) is 11.0. The minimum absolute atomic E-state index is 0. The van der Waals surface area contributed by atoms with Gasteiger partial charge in [-0.05, 0) is 69.7 Å². The molecule has 9 nitrogen and oxygen atoms in total. The Morgan fingerprint density at radius 2 is 1.14 bits per heavy atom. The van der Waals surface area contributed by atoms with Gasteiger partial charge in [0.05, 0.1) is 12.1 Å². The molecule has 4 rings (SSSR count). The van der Waals surface area contributed by atoms with Crippen LogP contribution in [-0.4, -0.2) is 43.6 Å². The van der Waals surface area contributed by atoms with Gasteiger partial charge in [-0.2, -0.15) is 0 Å². The van der Waals surface area contributed by atoms with Crippen molar-refractivity contribution in [2.24, 2.45) is 0 Å². The summed E-state index contributed by atoms with van der Waals surface area (Å²) in [6.07, 6.45) is 11.0. The fourth-order valence-electron chi connectivity index (χ4n) is 3.37. The third-order valence-corrected chi connectivity index (χ3v) is 4.88. The Kier molecular flexibility index (Phi) is 12.6. The van der Waals surface area contributed by atoms with Crippen LogP contribution in [0.2, 0.25) is 0 Å². The van der Waals surface area contributed by atoms with Gasteiger partial charge in [0.2, 0.25) is 0 Å². The van der Waals surface area contributed by atoms with Crippen LogP contribution >= 0.6 is 0 Å². The Bertz CT molecular complexity index is 1290. The average molecular weight is 502 g/mol. The molecule has 0 unspecified atom stereocenters. The van der Waals surface area contributed by atoms with Crippen molar-refractivity contribution < 1.29 is 19.2 Å². The van der Waals surface area contributed by atoms with E-state index in [0.717, 1.165) is 39.9 Å². The van der Waals surface area contributed by atoms with Crippen LogP contribution in [0.1, 0.15) is 53.5 Å². The number of aromatic amines is 1. The van der Waals surface area contributed by atoms with Gasteiger partial charge in [0.25, 0.3) is 0 Å². The molecule has 0 aliphatic rings. The number of carbonyl (C=O) groups excluding carboxylic acids is 4. The smallest absolute Gasteiger partial charge is 0.162 e. The van der Waals surface area contributed by atoms with Gasteiger partial charge >= 0.3 is 0 Å². The van der Waals surface area contributed by atoms with Crippen molar-refractivity contribution in [2.45, 2.75) is 34.1 Å². The lowest BCUT2D eigenvalue weighted by Crippen LogP contribution is -1.97. The van der Waals surface area contributed by atoms with Crippen molar-refractivity contribution >= 4 is 23.6 Å². The highest BCUT2D eigenvalue weighted by molar-refractivity contribution is 6.03. The molecule has 0 aromatic carbocycles. The van der Waals surface area contributed by atoms with Crippen LogP contribution in [-0.2, 0) is 9.59 Å². The molecule has 0 saturated heterocycles. The molecule has 192 valence electrons. The molecular formula is C28H31N5O4. The molecule has 0 bridgehead atoms. The molecule has 4 heterocycles. The van der Waals surface area contributed by atoms with Crippen LogP contribution in [0.3, 0.4) is 0 Å². The highest BCUT2D eigenvalue weighted by Crippen LogP contribution is 2.33. The van der Waals surface area contributed by atoms with Gasteiger partial charge in [-0.25, -0.2) is 0 Å². The number of carbonyl (C=O) groups is 4. The summed E-state index contributed by atoms with van der Waals surface area (Å²) in [5, 5.41) is 0. The van der Waals surface area contributed by atoms with Crippen molar-refractivity contribution in [3.05, 3.63) is 90.3 Å². The summed E-state index contributed by atoms with van der Waals surface area (Å²) in [5.74, 6) is -0.0733. The monoisotopic (exact) mass is 501 g/mol. The molecular weight excluding hydrogens is 470 g/mol. The normalized spacial score (nSPS) is 9.41. The molecule has 4 aromatic rings. The number of rotatable bonds is 6. The summed E-state index contributed by atoms with van der Waals surface area (Å²) in [6.45, 7) is 6.37. The van der Waals surface area contributed by atoms with Gasteiger partial charge in [-0.3, -0.25) is 34.1 Å². The van der Waals surface area contributed by atoms with Gasteiger partial charge in [0.15, 0.2) is 5.78 Å². The second-order valence-corrected chi connectivity index (χ2v) is 7.88. The Morgan fingerprint density at radius 1 is 0.730 bits per heavy atom. The van der Waals surface area contributed by atoms with E-state index in [1.54, 1.807) is 56.2 Å². The quantitative estimate of drug-likeness (QED) is 0.206. The molecule has 0 amide bonds. The predicted molar refractivity (Wildman–Crippen MR) is 143 cm³/mol. The van der Waals surface area contributed by atoms with E-state index in [1.807, 2.05) is 31.2 Å². The molecule has 0 aliphatic heterocycles. The Morgan fingerprint density at radius 3 is 1.46 bits per heavy atom. The van der Waals surface area contributed by atoms with Crippen molar-refractivity contribution in [1.82, 2.24) is 26.1 Å². The van der Waals surface area contributed by atoms with Crippen LogP contribution in [0.25, 0.3) is 22.5 Å². The Balaban J connectivity index is 0.000000354. The van der Waals surface area contributed by atoms with Crippen molar-refractivity contribution in [2.75, 3.05) is 0 Å². The van der Waals surface area contributed by atoms with E-state index in [9.17, 15) is 19.2 Å². The lowest BCUT2D eigenvalue weighted by atomic mass is 10.0. The molecule has 0 radical (unpaired) electrons. The van der Waals surface area contributed by atoms with E-state index in [0.29, 0.717) is 5.56 Å². The number of Topliss-reactive ketones (excluding diaryl/α,β-unsaturated/α-hetero) is 3. The lowest BCUT2D eigenvalue weighted by Gasteiger charge is -2.01. The maximum atomic E-state index is 12.1. The summed E-state index contributed by atoms with van der Waals surface area (Å²) in [5.41, 5.74) is 6.13. The lowest BCUT2D eigenvalue weighted by molar-refractivity contribution is -0.124. The third-order valence-electron chi connectivity index (χ3n) is 4.88. The zero-order valence-corrected chi connectivity index (χ0v) is 21.4. The first-order chi connectivity index (χ1) is 17.2. The second-order valence-electron chi connectivity index (χ2n) is 7.88. The molecule has 4 aromatic heterocycles. The fourth-order valence-corrected chi connectivity index (χ4v) is 3.37. The average Bonchev–Trinajstić information content (AvgIpc) is 3.23. The van der Waals surface area contributed by atoms with E-state index in [4.69, 9.17) is 0 Å². The maximum absolute atomic E-state index is 12.1. The van der Waals surface area contributed by atoms with Crippen LogP contribution < -0.4 is 6.15 Å². The summed E-state index contributed by atoms with van der Waals surface area (Å²) in [4.78, 5) is 57.3. The number of pyridine rings is 3. The van der Waals surface area contributed by atoms with Gasteiger partial charge < -0.3 is 11.1 Å². The highest BCUT2D eigenvalue weighted by Gasteiger charge is 2.19. The first-order valence-electron chi connectivity index (χ1n) is 11.1. The number of aldehydes is 1. The van der Waals surface area contributed by atoms with E-state index in [1.165, 1.54) is 13.8 Å². The molecule has 0 fully saturated rings. The molecule has 0 spiro atoms. The molecule has 4 N–H and O–H groups in total. The van der Waals surface area contributed by atoms with Crippen molar-refractivity contribution in [3.63, 3.8) is 0 Å². The predicted octanol–water partition coefficient (Wildman–Crippen LogP) is 5.26. The molecule has 0 aliphatic carbocycles. The summed E-state index contributed by atoms with van der Waals surface area (Å²) in [7, 11) is 0. The number of nitrogens with zero attached hydrogens (tertiary/aromatic N) is 3. The Hall–Kier alpha value is -4.63. The van der Waals surface area contributed by atoms with Crippen LogP contribution in [0.5, 0.6) is 0 Å². The first-order valence-corrected chi connectivity index (χ1v) is 11.1. The largest absolute Gasteiger partial charge is 0.354 e. The van der Waals surface area contributed by atoms with Crippen LogP contribution in [0.4, 0.5) is 0 Å². The zero-order chi connectivity index (χ0) is 26.5. The standard InChI is InChI=1S/C17H15N3O.C6H5NO.C5H8O2.H3N/c1-11-15(12(2)21)17(14-5-9-19-10-6-14)20-16(11)13-3-7-18-8-4-13;8-5-6-1-3-7-4-2-6;1-4(6)3-5(2)7;/h3-10,20H,1-2H3;1-5H;3H2,1-2H3;1H3. The second kappa shape index (κ2) is 15.4. The SMILES string of the molecule is CC(=O)CC(C)=O.CC(=O)c1c(-c2ccncc2)[nH]c(-c2ccncc2)c1C.N.O=Cc1ccncc1. The Labute approximate surface area is 216 Å². The zero-order valence-electron chi connectivity index (χ0n) is 21.4. The number of ketones is 3. The number of aromatic nitrogens is 4. The summed E-state index contributed by atoms with van der Waals surface area (Å²) >= 11 is 0. The molecule has 37 heavy (non-hydrogen) atoms. The highest BCUT2D eigenvalue weighted by atomic mass is 16.1. The van der Waals surface area contributed by atoms with Gasteiger partial charge in [0.1, 0.15) is 17.9 Å². The van der Waals surface area contributed by atoms with Gasteiger partial charge in [0, 0.05) is 65.1 Å². The molecule has 9 heteroatoms. The maximum Gasteiger partial charge on any atom is 0.162 e. The van der Waals surface area contributed by atoms with Crippen LogP contribution in [0.15, 0.2) is 73.6 Å². The number of H-pyrrole nitrogens is 1. The van der Waals surface area contributed by atoms with E-state index in [2.05, 4.69) is 19.9 Å². The number of hydrogen-bond donors (Lipinski definition) is 2. The molecule has 0 atom stereocenters.